The minimum absolute atomic E-state index is 0.0231. The first-order valence-electron chi connectivity index (χ1n) is 6.10. The molecule has 1 aromatic heterocycles. The molecule has 2 atom stereocenters. The van der Waals surface area contributed by atoms with Crippen molar-refractivity contribution < 1.29 is 19.4 Å². The number of nitrogens with zero attached hydrogens (tertiary/aromatic N) is 2. The first kappa shape index (κ1) is 13.9. The lowest BCUT2D eigenvalue weighted by Gasteiger charge is -2.16. The van der Waals surface area contributed by atoms with E-state index in [1.165, 1.54) is 6.20 Å². The highest BCUT2D eigenvalue weighted by Gasteiger charge is 2.33. The Bertz CT molecular complexity index is 440. The van der Waals surface area contributed by atoms with E-state index >= 15 is 0 Å². The number of aromatic carboxylic acids is 1. The van der Waals surface area contributed by atoms with Gasteiger partial charge in [-0.15, -0.1) is 0 Å². The van der Waals surface area contributed by atoms with E-state index in [-0.39, 0.29) is 17.9 Å². The molecule has 2 rings (SSSR count). The predicted molar refractivity (Wildman–Crippen MR) is 68.1 cm³/mol. The standard InChI is InChI=1S/C13H18N2O4/c1-18-10-7-15(8-11(10)19-2)6-9-4-3-5-14-12(9)13(16)17/h3-5,10-11H,6-8H2,1-2H3,(H,16,17). The van der Waals surface area contributed by atoms with Gasteiger partial charge in [0.2, 0.25) is 0 Å². The van der Waals surface area contributed by atoms with Gasteiger partial charge in [-0.3, -0.25) is 4.90 Å². The number of pyridine rings is 1. The number of carboxylic acid groups (broad SMARTS) is 1. The molecule has 2 heterocycles. The topological polar surface area (TPSA) is 71.9 Å². The van der Waals surface area contributed by atoms with Gasteiger partial charge in [0.25, 0.3) is 0 Å². The third-order valence-electron chi connectivity index (χ3n) is 3.38. The Hall–Kier alpha value is -1.50. The van der Waals surface area contributed by atoms with Gasteiger partial charge in [-0.2, -0.15) is 0 Å². The molecule has 6 heteroatoms. The van der Waals surface area contributed by atoms with Gasteiger partial charge in [-0.1, -0.05) is 6.07 Å². The second kappa shape index (κ2) is 6.10. The van der Waals surface area contributed by atoms with Crippen LogP contribution in [0.3, 0.4) is 0 Å². The molecule has 0 spiro atoms. The van der Waals surface area contributed by atoms with Crippen LogP contribution in [0.4, 0.5) is 0 Å². The zero-order chi connectivity index (χ0) is 13.8. The number of carbonyl (C=O) groups is 1. The maximum Gasteiger partial charge on any atom is 0.354 e. The van der Waals surface area contributed by atoms with Gasteiger partial charge in [0.05, 0.1) is 12.2 Å². The van der Waals surface area contributed by atoms with Gasteiger partial charge in [-0.05, 0) is 11.6 Å². The SMILES string of the molecule is COC1CN(Cc2cccnc2C(=O)O)CC1OC. The number of rotatable bonds is 5. The van der Waals surface area contributed by atoms with Crippen molar-refractivity contribution in [3.8, 4) is 0 Å². The third kappa shape index (κ3) is 3.09. The van der Waals surface area contributed by atoms with Gasteiger partial charge < -0.3 is 14.6 Å². The molecule has 0 radical (unpaired) electrons. The van der Waals surface area contributed by atoms with E-state index in [1.807, 2.05) is 0 Å². The lowest BCUT2D eigenvalue weighted by atomic mass is 10.2. The molecule has 0 saturated carbocycles. The van der Waals surface area contributed by atoms with Crippen molar-refractivity contribution in [1.82, 2.24) is 9.88 Å². The van der Waals surface area contributed by atoms with Gasteiger partial charge in [0.15, 0.2) is 5.69 Å². The summed E-state index contributed by atoms with van der Waals surface area (Å²) in [4.78, 5) is 17.1. The maximum atomic E-state index is 11.1. The summed E-state index contributed by atoms with van der Waals surface area (Å²) in [6.45, 7) is 1.99. The number of aromatic nitrogens is 1. The molecule has 0 aliphatic carbocycles. The van der Waals surface area contributed by atoms with E-state index in [4.69, 9.17) is 14.6 Å². The van der Waals surface area contributed by atoms with E-state index < -0.39 is 5.97 Å². The summed E-state index contributed by atoms with van der Waals surface area (Å²) in [5.74, 6) is -0.999. The van der Waals surface area contributed by atoms with Crippen LogP contribution in [-0.4, -0.2) is 60.5 Å². The average molecular weight is 266 g/mol. The minimum Gasteiger partial charge on any atom is -0.477 e. The minimum atomic E-state index is -0.999. The Labute approximate surface area is 112 Å². The Kier molecular flexibility index (Phi) is 4.47. The summed E-state index contributed by atoms with van der Waals surface area (Å²) >= 11 is 0. The van der Waals surface area contributed by atoms with Crippen LogP contribution in [0.15, 0.2) is 18.3 Å². The Morgan fingerprint density at radius 2 is 2.05 bits per heavy atom. The van der Waals surface area contributed by atoms with Crippen LogP contribution in [0, 0.1) is 0 Å². The maximum absolute atomic E-state index is 11.1. The lowest BCUT2D eigenvalue weighted by Crippen LogP contribution is -2.27. The molecule has 0 aromatic carbocycles. The molecule has 19 heavy (non-hydrogen) atoms. The summed E-state index contributed by atoms with van der Waals surface area (Å²) in [6.07, 6.45) is 1.54. The second-order valence-electron chi connectivity index (χ2n) is 4.56. The van der Waals surface area contributed by atoms with Crippen LogP contribution >= 0.6 is 0 Å². The molecule has 6 nitrogen and oxygen atoms in total. The first-order valence-corrected chi connectivity index (χ1v) is 6.10. The molecular formula is C13H18N2O4. The molecule has 1 N–H and O–H groups in total. The molecule has 1 aliphatic rings. The summed E-state index contributed by atoms with van der Waals surface area (Å²) in [7, 11) is 3.32. The van der Waals surface area contributed by atoms with Crippen molar-refractivity contribution >= 4 is 5.97 Å². The van der Waals surface area contributed by atoms with Gasteiger partial charge in [-0.25, -0.2) is 9.78 Å². The van der Waals surface area contributed by atoms with E-state index in [0.29, 0.717) is 12.1 Å². The smallest absolute Gasteiger partial charge is 0.354 e. The van der Waals surface area contributed by atoms with E-state index in [0.717, 1.165) is 13.1 Å². The fourth-order valence-electron chi connectivity index (χ4n) is 2.40. The van der Waals surface area contributed by atoms with Crippen molar-refractivity contribution in [2.75, 3.05) is 27.3 Å². The highest BCUT2D eigenvalue weighted by molar-refractivity contribution is 5.86. The number of likely N-dealkylation sites (tertiary alicyclic amines) is 1. The van der Waals surface area contributed by atoms with Crippen molar-refractivity contribution in [3.05, 3.63) is 29.6 Å². The number of methoxy groups -OCH3 is 2. The molecule has 1 saturated heterocycles. The van der Waals surface area contributed by atoms with Crippen LogP contribution in [0.5, 0.6) is 0 Å². The summed E-state index contributed by atoms with van der Waals surface area (Å²) in [5, 5.41) is 9.11. The van der Waals surface area contributed by atoms with Gasteiger partial charge >= 0.3 is 5.97 Å². The number of hydrogen-bond acceptors (Lipinski definition) is 5. The van der Waals surface area contributed by atoms with Crippen molar-refractivity contribution in [2.24, 2.45) is 0 Å². The molecule has 1 aromatic rings. The van der Waals surface area contributed by atoms with Crippen molar-refractivity contribution in [2.45, 2.75) is 18.8 Å². The van der Waals surface area contributed by atoms with E-state index in [1.54, 1.807) is 26.4 Å². The Morgan fingerprint density at radius 3 is 2.58 bits per heavy atom. The molecule has 2 unspecified atom stereocenters. The van der Waals surface area contributed by atoms with Crippen LogP contribution < -0.4 is 0 Å². The Morgan fingerprint density at radius 1 is 1.42 bits per heavy atom. The third-order valence-corrected chi connectivity index (χ3v) is 3.38. The first-order chi connectivity index (χ1) is 9.15. The van der Waals surface area contributed by atoms with Crippen molar-refractivity contribution in [1.29, 1.82) is 0 Å². The number of ether oxygens (including phenoxy) is 2. The molecule has 0 bridgehead atoms. The van der Waals surface area contributed by atoms with E-state index in [2.05, 4.69) is 9.88 Å². The van der Waals surface area contributed by atoms with Crippen LogP contribution in [0.25, 0.3) is 0 Å². The van der Waals surface area contributed by atoms with Crippen LogP contribution in [0.1, 0.15) is 16.1 Å². The fourth-order valence-corrected chi connectivity index (χ4v) is 2.40. The second-order valence-corrected chi connectivity index (χ2v) is 4.56. The summed E-state index contributed by atoms with van der Waals surface area (Å²) < 4.78 is 10.7. The molecular weight excluding hydrogens is 248 g/mol. The predicted octanol–water partition coefficient (Wildman–Crippen LogP) is 0.625. The van der Waals surface area contributed by atoms with Gasteiger partial charge in [0, 0.05) is 40.1 Å². The zero-order valence-electron chi connectivity index (χ0n) is 11.1. The number of hydrogen-bond donors (Lipinski definition) is 1. The van der Waals surface area contributed by atoms with E-state index in [9.17, 15) is 4.79 Å². The van der Waals surface area contributed by atoms with Crippen LogP contribution in [-0.2, 0) is 16.0 Å². The average Bonchev–Trinajstić information content (AvgIpc) is 2.81. The highest BCUT2D eigenvalue weighted by atomic mass is 16.5. The lowest BCUT2D eigenvalue weighted by molar-refractivity contribution is -0.00461. The monoisotopic (exact) mass is 266 g/mol. The normalized spacial score (nSPS) is 23.7. The fraction of sp³-hybridized carbons (Fsp3) is 0.538. The van der Waals surface area contributed by atoms with Crippen LogP contribution in [0.2, 0.25) is 0 Å². The van der Waals surface area contributed by atoms with Gasteiger partial charge in [0.1, 0.15) is 0 Å². The molecule has 1 fully saturated rings. The summed E-state index contributed by atoms with van der Waals surface area (Å²) in [5.41, 5.74) is 0.818. The largest absolute Gasteiger partial charge is 0.477 e. The molecule has 1 aliphatic heterocycles. The highest BCUT2D eigenvalue weighted by Crippen LogP contribution is 2.19. The molecule has 0 amide bonds. The zero-order valence-corrected chi connectivity index (χ0v) is 11.1. The quantitative estimate of drug-likeness (QED) is 0.842. The summed E-state index contributed by atoms with van der Waals surface area (Å²) in [6, 6.07) is 3.54. The molecule has 104 valence electrons. The number of carboxylic acids is 1. The van der Waals surface area contributed by atoms with Crippen molar-refractivity contribution in [3.63, 3.8) is 0 Å². The Balaban J connectivity index is 2.08.